The van der Waals surface area contributed by atoms with Crippen molar-refractivity contribution in [2.75, 3.05) is 0 Å². The van der Waals surface area contributed by atoms with Gasteiger partial charge in [-0.1, -0.05) is 69.3 Å². The molecule has 0 aliphatic rings. The average Bonchev–Trinajstić information content (AvgIpc) is 2.60. The first-order valence-electron chi connectivity index (χ1n) is 8.71. The Morgan fingerprint density at radius 2 is 1.73 bits per heavy atom. The first-order valence-corrected chi connectivity index (χ1v) is 8.71. The van der Waals surface area contributed by atoms with Gasteiger partial charge in [-0.15, -0.1) is 0 Å². The first-order chi connectivity index (χ1) is 12.3. The van der Waals surface area contributed by atoms with Crippen molar-refractivity contribution >= 4 is 22.3 Å². The zero-order valence-corrected chi connectivity index (χ0v) is 15.4. The summed E-state index contributed by atoms with van der Waals surface area (Å²) < 4.78 is 0. The summed E-state index contributed by atoms with van der Waals surface area (Å²) in [6, 6.07) is 18.4. The minimum absolute atomic E-state index is 0.239. The van der Waals surface area contributed by atoms with E-state index in [1.54, 1.807) is 0 Å². The van der Waals surface area contributed by atoms with E-state index < -0.39 is 5.97 Å². The molecule has 3 rings (SSSR count). The average molecular weight is 345 g/mol. The van der Waals surface area contributed by atoms with Crippen LogP contribution in [-0.4, -0.2) is 16.1 Å². The van der Waals surface area contributed by atoms with Gasteiger partial charge in [0.2, 0.25) is 0 Å². The summed E-state index contributed by atoms with van der Waals surface area (Å²) in [5.41, 5.74) is 3.72. The zero-order chi connectivity index (χ0) is 18.7. The Balaban J connectivity index is 1.91. The number of benzene rings is 2. The van der Waals surface area contributed by atoms with E-state index in [0.29, 0.717) is 0 Å². The van der Waals surface area contributed by atoms with Gasteiger partial charge in [0.15, 0.2) is 0 Å². The second-order valence-electron chi connectivity index (χ2n) is 7.50. The van der Waals surface area contributed by atoms with Crippen molar-refractivity contribution in [3.63, 3.8) is 0 Å². The predicted molar refractivity (Wildman–Crippen MR) is 106 cm³/mol. The van der Waals surface area contributed by atoms with E-state index in [-0.39, 0.29) is 5.41 Å². The third kappa shape index (κ3) is 3.99. The summed E-state index contributed by atoms with van der Waals surface area (Å²) >= 11 is 0. The second-order valence-corrected chi connectivity index (χ2v) is 7.50. The van der Waals surface area contributed by atoms with Gasteiger partial charge in [0.25, 0.3) is 0 Å². The molecule has 0 saturated heterocycles. The number of hydrogen-bond acceptors (Lipinski definition) is 2. The number of aromatic nitrogens is 1. The molecule has 0 saturated carbocycles. The molecule has 0 fully saturated rings. The van der Waals surface area contributed by atoms with Crippen LogP contribution in [0.3, 0.4) is 0 Å². The maximum atomic E-state index is 11.2. The Hall–Kier alpha value is -2.94. The smallest absolute Gasteiger partial charge is 0.328 e. The van der Waals surface area contributed by atoms with Crippen LogP contribution < -0.4 is 0 Å². The largest absolute Gasteiger partial charge is 0.478 e. The molecule has 0 amide bonds. The van der Waals surface area contributed by atoms with Crippen molar-refractivity contribution in [1.82, 2.24) is 4.98 Å². The fourth-order valence-corrected chi connectivity index (χ4v) is 3.17. The van der Waals surface area contributed by atoms with E-state index >= 15 is 0 Å². The van der Waals surface area contributed by atoms with Crippen LogP contribution in [0.15, 0.2) is 66.9 Å². The summed E-state index contributed by atoms with van der Waals surface area (Å²) in [4.78, 5) is 15.7. The molecule has 0 aliphatic carbocycles. The SMILES string of the molecule is CC(C)(C)/C(=C\C(=O)O)c1ccc(Cc2nccc3ccccc23)cc1. The summed E-state index contributed by atoms with van der Waals surface area (Å²) in [6.07, 6.45) is 3.90. The maximum absolute atomic E-state index is 11.2. The molecule has 0 spiro atoms. The molecule has 132 valence electrons. The van der Waals surface area contributed by atoms with Crippen LogP contribution in [0.5, 0.6) is 0 Å². The lowest BCUT2D eigenvalue weighted by Crippen LogP contribution is -2.10. The van der Waals surface area contributed by atoms with Crippen molar-refractivity contribution in [3.05, 3.63) is 83.7 Å². The Bertz CT molecular complexity index is 958. The van der Waals surface area contributed by atoms with Gasteiger partial charge in [0, 0.05) is 24.1 Å². The highest BCUT2D eigenvalue weighted by Gasteiger charge is 2.20. The molecule has 0 bridgehead atoms. The molecule has 3 nitrogen and oxygen atoms in total. The van der Waals surface area contributed by atoms with Crippen molar-refractivity contribution in [2.45, 2.75) is 27.2 Å². The van der Waals surface area contributed by atoms with Crippen LogP contribution in [0.2, 0.25) is 0 Å². The highest BCUT2D eigenvalue weighted by atomic mass is 16.4. The van der Waals surface area contributed by atoms with E-state index in [1.165, 1.54) is 16.8 Å². The summed E-state index contributed by atoms with van der Waals surface area (Å²) in [7, 11) is 0. The topological polar surface area (TPSA) is 50.2 Å². The van der Waals surface area contributed by atoms with E-state index in [4.69, 9.17) is 0 Å². The molecular weight excluding hydrogens is 322 g/mol. The lowest BCUT2D eigenvalue weighted by molar-refractivity contribution is -0.131. The lowest BCUT2D eigenvalue weighted by atomic mass is 9.81. The molecule has 26 heavy (non-hydrogen) atoms. The lowest BCUT2D eigenvalue weighted by Gasteiger charge is -2.23. The van der Waals surface area contributed by atoms with E-state index in [2.05, 4.69) is 29.2 Å². The number of hydrogen-bond donors (Lipinski definition) is 1. The standard InChI is InChI=1S/C23H23NO2/c1-23(2,3)20(15-22(25)26)18-10-8-16(9-11-18)14-21-19-7-5-4-6-17(19)12-13-24-21/h4-13,15H,14H2,1-3H3,(H,25,26)/b20-15-. The highest BCUT2D eigenvalue weighted by Crippen LogP contribution is 2.34. The number of carboxylic acid groups (broad SMARTS) is 1. The predicted octanol–water partition coefficient (Wildman–Crippen LogP) is 5.34. The molecule has 0 unspecified atom stereocenters. The molecule has 1 N–H and O–H groups in total. The third-order valence-corrected chi connectivity index (χ3v) is 4.47. The number of nitrogens with zero attached hydrogens (tertiary/aromatic N) is 1. The number of carbonyl (C=O) groups is 1. The fourth-order valence-electron chi connectivity index (χ4n) is 3.17. The molecule has 0 aliphatic heterocycles. The Kier molecular flexibility index (Phi) is 4.90. The third-order valence-electron chi connectivity index (χ3n) is 4.47. The van der Waals surface area contributed by atoms with Gasteiger partial charge in [-0.2, -0.15) is 0 Å². The number of aliphatic carboxylic acids is 1. The van der Waals surface area contributed by atoms with Crippen molar-refractivity contribution in [1.29, 1.82) is 0 Å². The number of allylic oxidation sites excluding steroid dienone is 1. The molecule has 0 atom stereocenters. The minimum atomic E-state index is -0.918. The normalized spacial score (nSPS) is 12.3. The van der Waals surface area contributed by atoms with Gasteiger partial charge >= 0.3 is 5.97 Å². The minimum Gasteiger partial charge on any atom is -0.478 e. The second kappa shape index (κ2) is 7.12. The van der Waals surface area contributed by atoms with Gasteiger partial charge in [0.1, 0.15) is 0 Å². The van der Waals surface area contributed by atoms with Gasteiger partial charge in [0.05, 0.1) is 5.69 Å². The molecule has 3 heteroatoms. The van der Waals surface area contributed by atoms with Gasteiger partial charge in [-0.25, -0.2) is 4.79 Å². The number of pyridine rings is 1. The quantitative estimate of drug-likeness (QED) is 0.649. The fraction of sp³-hybridized carbons (Fsp3) is 0.217. The van der Waals surface area contributed by atoms with Gasteiger partial charge in [-0.05, 0) is 33.6 Å². The summed E-state index contributed by atoms with van der Waals surface area (Å²) in [5.74, 6) is -0.918. The molecule has 0 radical (unpaired) electrons. The Morgan fingerprint density at radius 1 is 1.04 bits per heavy atom. The molecule has 1 aromatic heterocycles. The number of fused-ring (bicyclic) bond motifs is 1. The summed E-state index contributed by atoms with van der Waals surface area (Å²) in [5, 5.41) is 11.5. The molecule has 1 heterocycles. The molecule has 3 aromatic rings. The number of carboxylic acids is 1. The van der Waals surface area contributed by atoms with Crippen LogP contribution in [0, 0.1) is 5.41 Å². The summed E-state index contributed by atoms with van der Waals surface area (Å²) in [6.45, 7) is 6.07. The van der Waals surface area contributed by atoms with Gasteiger partial charge in [-0.3, -0.25) is 4.98 Å². The van der Waals surface area contributed by atoms with Crippen LogP contribution in [0.1, 0.15) is 37.6 Å². The maximum Gasteiger partial charge on any atom is 0.328 e. The van der Waals surface area contributed by atoms with Crippen LogP contribution in [0.4, 0.5) is 0 Å². The number of rotatable bonds is 4. The van der Waals surface area contributed by atoms with Crippen molar-refractivity contribution < 1.29 is 9.90 Å². The van der Waals surface area contributed by atoms with Crippen molar-refractivity contribution in [3.8, 4) is 0 Å². The Labute approximate surface area is 154 Å². The zero-order valence-electron chi connectivity index (χ0n) is 15.4. The van der Waals surface area contributed by atoms with Gasteiger partial charge < -0.3 is 5.11 Å². The molecular formula is C23H23NO2. The van der Waals surface area contributed by atoms with Crippen molar-refractivity contribution in [2.24, 2.45) is 5.41 Å². The first kappa shape index (κ1) is 17.9. The van der Waals surface area contributed by atoms with Crippen LogP contribution >= 0.6 is 0 Å². The van der Waals surface area contributed by atoms with Crippen LogP contribution in [-0.2, 0) is 11.2 Å². The monoisotopic (exact) mass is 345 g/mol. The highest BCUT2D eigenvalue weighted by molar-refractivity contribution is 5.91. The molecule has 2 aromatic carbocycles. The van der Waals surface area contributed by atoms with E-state index in [1.807, 2.05) is 57.3 Å². The Morgan fingerprint density at radius 3 is 2.38 bits per heavy atom. The van der Waals surface area contributed by atoms with E-state index in [9.17, 15) is 9.90 Å². The van der Waals surface area contributed by atoms with Crippen LogP contribution in [0.25, 0.3) is 16.3 Å². The van der Waals surface area contributed by atoms with E-state index in [0.717, 1.165) is 28.8 Å².